The van der Waals surface area contributed by atoms with Crippen LogP contribution in [-0.4, -0.2) is 87.0 Å². The van der Waals surface area contributed by atoms with E-state index in [1.165, 1.54) is 6.92 Å². The summed E-state index contributed by atoms with van der Waals surface area (Å²) < 4.78 is 42.0. The molecule has 0 aromatic carbocycles. The number of anilines is 3. The second kappa shape index (κ2) is 11.4. The van der Waals surface area contributed by atoms with Gasteiger partial charge in [0.25, 0.3) is 0 Å². The SMILES string of the molecule is CC(NC(=O)C(N)CCC(=O)N1c2c([nH]c(N)nc2=O)NCC1C(O)C(C)OC(=O)C(F)(F)F)C(=O)O. The van der Waals surface area contributed by atoms with Gasteiger partial charge in [0.1, 0.15) is 24.1 Å². The third kappa shape index (κ3) is 7.06. The van der Waals surface area contributed by atoms with Crippen LogP contribution in [0.5, 0.6) is 0 Å². The van der Waals surface area contributed by atoms with Gasteiger partial charge in [-0.3, -0.25) is 24.1 Å². The fourth-order valence-electron chi connectivity index (χ4n) is 3.41. The molecule has 1 aromatic heterocycles. The molecule has 15 nitrogen and oxygen atoms in total. The fraction of sp³-hybridized carbons (Fsp3) is 0.579. The molecular formula is C19H26F3N7O8. The van der Waals surface area contributed by atoms with Crippen molar-refractivity contribution in [2.75, 3.05) is 22.5 Å². The molecule has 2 amide bonds. The number of carboxylic acid groups (broad SMARTS) is 1. The average Bonchev–Trinajstić information content (AvgIpc) is 2.79. The number of aliphatic carboxylic acids is 1. The van der Waals surface area contributed by atoms with Crippen LogP contribution in [0.3, 0.4) is 0 Å². The monoisotopic (exact) mass is 537 g/mol. The molecule has 5 unspecified atom stereocenters. The van der Waals surface area contributed by atoms with Gasteiger partial charge >= 0.3 is 23.7 Å². The number of aliphatic hydroxyl groups is 1. The lowest BCUT2D eigenvalue weighted by molar-refractivity contribution is -0.208. The number of amides is 2. The van der Waals surface area contributed by atoms with Gasteiger partial charge in [-0.25, -0.2) is 4.79 Å². The Morgan fingerprint density at radius 2 is 1.92 bits per heavy atom. The van der Waals surface area contributed by atoms with Crippen LogP contribution in [0.1, 0.15) is 26.7 Å². The molecule has 0 fully saturated rings. The molecule has 18 heteroatoms. The van der Waals surface area contributed by atoms with Crippen LogP contribution in [0.2, 0.25) is 0 Å². The zero-order valence-electron chi connectivity index (χ0n) is 19.5. The van der Waals surface area contributed by atoms with Crippen LogP contribution < -0.4 is 32.6 Å². The second-order valence-corrected chi connectivity index (χ2v) is 8.18. The van der Waals surface area contributed by atoms with Crippen molar-refractivity contribution in [1.29, 1.82) is 0 Å². The molecule has 2 rings (SSSR count). The number of nitrogen functional groups attached to an aromatic ring is 1. The predicted molar refractivity (Wildman–Crippen MR) is 119 cm³/mol. The number of alkyl halides is 3. The molecule has 0 radical (unpaired) electrons. The molecule has 0 bridgehead atoms. The quantitative estimate of drug-likeness (QED) is 0.170. The number of hydrogen-bond donors (Lipinski definition) is 7. The van der Waals surface area contributed by atoms with Crippen molar-refractivity contribution >= 4 is 41.2 Å². The van der Waals surface area contributed by atoms with Gasteiger partial charge in [0.15, 0.2) is 5.69 Å². The van der Waals surface area contributed by atoms with Crippen LogP contribution in [0.15, 0.2) is 4.79 Å². The number of esters is 1. The first-order valence-electron chi connectivity index (χ1n) is 10.7. The summed E-state index contributed by atoms with van der Waals surface area (Å²) in [6.07, 6.45) is -9.88. The zero-order chi connectivity index (χ0) is 28.2. The lowest BCUT2D eigenvalue weighted by Crippen LogP contribution is -2.59. The maximum Gasteiger partial charge on any atom is 0.490 e. The van der Waals surface area contributed by atoms with Crippen molar-refractivity contribution in [3.05, 3.63) is 10.4 Å². The highest BCUT2D eigenvalue weighted by atomic mass is 19.4. The summed E-state index contributed by atoms with van der Waals surface area (Å²) in [5.74, 6) is -6.06. The van der Waals surface area contributed by atoms with E-state index < -0.39 is 77.9 Å². The van der Waals surface area contributed by atoms with Gasteiger partial charge in [-0.05, 0) is 20.3 Å². The topological polar surface area (TPSA) is 243 Å². The van der Waals surface area contributed by atoms with Crippen molar-refractivity contribution in [3.63, 3.8) is 0 Å². The number of carbonyl (C=O) groups is 4. The smallest absolute Gasteiger partial charge is 0.480 e. The van der Waals surface area contributed by atoms with Gasteiger partial charge in [-0.1, -0.05) is 0 Å². The average molecular weight is 537 g/mol. The van der Waals surface area contributed by atoms with E-state index in [-0.39, 0.29) is 24.7 Å². The molecule has 0 aliphatic carbocycles. The van der Waals surface area contributed by atoms with E-state index in [0.717, 1.165) is 11.8 Å². The van der Waals surface area contributed by atoms with Gasteiger partial charge in [-0.15, -0.1) is 0 Å². The summed E-state index contributed by atoms with van der Waals surface area (Å²) in [7, 11) is 0. The van der Waals surface area contributed by atoms with Crippen LogP contribution in [0, 0.1) is 0 Å². The number of H-pyrrole nitrogens is 1. The van der Waals surface area contributed by atoms with Crippen molar-refractivity contribution in [2.24, 2.45) is 5.73 Å². The van der Waals surface area contributed by atoms with Gasteiger partial charge < -0.3 is 42.0 Å². The van der Waals surface area contributed by atoms with Crippen LogP contribution >= 0.6 is 0 Å². The van der Waals surface area contributed by atoms with Gasteiger partial charge in [-0.2, -0.15) is 18.2 Å². The molecular weight excluding hydrogens is 511 g/mol. The summed E-state index contributed by atoms with van der Waals surface area (Å²) in [6.45, 7) is 1.83. The number of nitrogens with two attached hydrogens (primary N) is 2. The van der Waals surface area contributed by atoms with Crippen LogP contribution in [-0.2, 0) is 23.9 Å². The summed E-state index contributed by atoms with van der Waals surface area (Å²) in [4.78, 5) is 66.7. The van der Waals surface area contributed by atoms with E-state index in [0.29, 0.717) is 0 Å². The number of ether oxygens (including phenoxy) is 1. The Balaban J connectivity index is 2.30. The minimum absolute atomic E-state index is 0.0773. The molecule has 9 N–H and O–H groups in total. The van der Waals surface area contributed by atoms with E-state index in [4.69, 9.17) is 16.6 Å². The standard InChI is InChI=1S/C19H26F3N7O8/c1-6(16(34)35)26-14(32)8(23)3-4-10(30)29-9(12(31)7(2)37-17(36)19(20,21)22)5-25-13-11(29)15(33)28-18(24)27-13/h6-9,12,31H,3-5,23H2,1-2H3,(H,26,32)(H,34,35)(H4,24,25,27,28,33). The van der Waals surface area contributed by atoms with Crippen LogP contribution in [0.25, 0.3) is 0 Å². The summed E-state index contributed by atoms with van der Waals surface area (Å²) in [6, 6.07) is -4.03. The highest BCUT2D eigenvalue weighted by molar-refractivity contribution is 5.98. The number of rotatable bonds is 9. The minimum Gasteiger partial charge on any atom is -0.480 e. The third-order valence-electron chi connectivity index (χ3n) is 5.38. The Labute approximate surface area is 206 Å². The largest absolute Gasteiger partial charge is 0.490 e. The number of carbonyl (C=O) groups excluding carboxylic acids is 3. The molecule has 1 aliphatic heterocycles. The Morgan fingerprint density at radius 1 is 1.30 bits per heavy atom. The first-order valence-corrected chi connectivity index (χ1v) is 10.7. The molecule has 37 heavy (non-hydrogen) atoms. The van der Waals surface area contributed by atoms with E-state index >= 15 is 0 Å². The third-order valence-corrected chi connectivity index (χ3v) is 5.38. The van der Waals surface area contributed by atoms with E-state index in [1.54, 1.807) is 0 Å². The Hall–Kier alpha value is -3.93. The summed E-state index contributed by atoms with van der Waals surface area (Å²) in [5.41, 5.74) is 9.78. The minimum atomic E-state index is -5.34. The van der Waals surface area contributed by atoms with Crippen molar-refractivity contribution in [1.82, 2.24) is 15.3 Å². The number of nitrogens with zero attached hydrogens (tertiary/aromatic N) is 2. The normalized spacial score (nSPS) is 18.5. The maximum atomic E-state index is 13.2. The summed E-state index contributed by atoms with van der Waals surface area (Å²) >= 11 is 0. The highest BCUT2D eigenvalue weighted by Crippen LogP contribution is 2.30. The van der Waals surface area contributed by atoms with E-state index in [9.17, 15) is 42.3 Å². The Bertz CT molecular complexity index is 1110. The van der Waals surface area contributed by atoms with Crippen molar-refractivity contribution in [2.45, 2.75) is 63.2 Å². The van der Waals surface area contributed by atoms with Gasteiger partial charge in [0, 0.05) is 13.0 Å². The highest BCUT2D eigenvalue weighted by Gasteiger charge is 2.45. The number of halogens is 3. The number of aromatic amines is 1. The molecule has 5 atom stereocenters. The number of hydrogen-bond acceptors (Lipinski definition) is 11. The lowest BCUT2D eigenvalue weighted by atomic mass is 10.00. The maximum absolute atomic E-state index is 13.2. The number of aromatic nitrogens is 2. The first-order chi connectivity index (χ1) is 17.0. The number of fused-ring (bicyclic) bond motifs is 1. The molecule has 1 aliphatic rings. The molecule has 206 valence electrons. The molecule has 1 aromatic rings. The Morgan fingerprint density at radius 3 is 2.49 bits per heavy atom. The van der Waals surface area contributed by atoms with Gasteiger partial charge in [0.2, 0.25) is 17.8 Å². The van der Waals surface area contributed by atoms with Crippen molar-refractivity contribution in [3.8, 4) is 0 Å². The Kier molecular flexibility index (Phi) is 9.04. The first kappa shape index (κ1) is 29.3. The van der Waals surface area contributed by atoms with Gasteiger partial charge in [0.05, 0.1) is 12.1 Å². The number of aliphatic hydroxyl groups excluding tert-OH is 1. The fourth-order valence-corrected chi connectivity index (χ4v) is 3.41. The predicted octanol–water partition coefficient (Wildman–Crippen LogP) is -1.97. The number of nitrogens with one attached hydrogen (secondary N) is 3. The van der Waals surface area contributed by atoms with E-state index in [1.807, 2.05) is 0 Å². The van der Waals surface area contributed by atoms with Crippen LogP contribution in [0.4, 0.5) is 30.6 Å². The molecule has 0 saturated carbocycles. The molecule has 2 heterocycles. The zero-order valence-corrected chi connectivity index (χ0v) is 19.5. The summed E-state index contributed by atoms with van der Waals surface area (Å²) in [5, 5.41) is 24.4. The van der Waals surface area contributed by atoms with Crippen molar-refractivity contribution < 1.29 is 47.3 Å². The molecule has 0 saturated heterocycles. The lowest BCUT2D eigenvalue weighted by Gasteiger charge is -2.40. The van der Waals surface area contributed by atoms with E-state index in [2.05, 4.69) is 25.3 Å². The number of carboxylic acids is 1. The molecule has 0 spiro atoms. The second-order valence-electron chi connectivity index (χ2n) is 8.18.